The molecule has 0 heterocycles. The van der Waals surface area contributed by atoms with Crippen LogP contribution in [0.3, 0.4) is 0 Å². The summed E-state index contributed by atoms with van der Waals surface area (Å²) >= 11 is 0. The van der Waals surface area contributed by atoms with Gasteiger partial charge in [0, 0.05) is 18.9 Å². The van der Waals surface area contributed by atoms with Crippen LogP contribution in [0.1, 0.15) is 154 Å². The maximum Gasteiger partial charge on any atom is 0.192 e. The molecule has 54 heavy (non-hydrogen) atoms. The van der Waals surface area contributed by atoms with Crippen LogP contribution in [0.2, 0.25) is 54.4 Å². The molecule has 3 fully saturated rings. The normalized spacial score (nSPS) is 30.4. The topological polar surface area (TPSA) is 47.9 Å². The molecule has 0 aromatic heterocycles. The van der Waals surface area contributed by atoms with Crippen molar-refractivity contribution in [3.63, 3.8) is 0 Å². The molecule has 3 rings (SSSR count). The predicted octanol–water partition coefficient (Wildman–Crippen LogP) is 14.4. The van der Waals surface area contributed by atoms with E-state index in [1.54, 1.807) is 5.57 Å². The average molecular weight is 803 g/mol. The zero-order chi connectivity index (χ0) is 41.5. The molecule has 7 heteroatoms. The molecule has 314 valence electrons. The molecule has 0 bridgehead atoms. The van der Waals surface area contributed by atoms with Gasteiger partial charge in [-0.25, -0.2) is 0 Å². The lowest BCUT2D eigenvalue weighted by atomic mass is 9.60. The third kappa shape index (κ3) is 11.3. The minimum Gasteiger partial charge on any atom is -0.416 e. The van der Waals surface area contributed by atoms with Crippen molar-refractivity contribution in [1.29, 1.82) is 0 Å². The molecule has 3 saturated carbocycles. The summed E-state index contributed by atoms with van der Waals surface area (Å²) < 4.78 is 20.8. The zero-order valence-corrected chi connectivity index (χ0v) is 42.3. The fourth-order valence-electron chi connectivity index (χ4n) is 8.94. The fourth-order valence-corrected chi connectivity index (χ4v) is 12.7. The fraction of sp³-hybridized carbons (Fsp3) is 0.872. The molecule has 0 radical (unpaired) electrons. The highest BCUT2D eigenvalue weighted by molar-refractivity contribution is 6.75. The van der Waals surface area contributed by atoms with E-state index in [-0.39, 0.29) is 33.2 Å². The second-order valence-corrected chi connectivity index (χ2v) is 37.9. The summed E-state index contributed by atoms with van der Waals surface area (Å²) in [5, 5.41) is 12.0. The minimum absolute atomic E-state index is 0.0147. The number of rotatable bonds is 14. The molecule has 3 aliphatic rings. The van der Waals surface area contributed by atoms with Crippen LogP contribution in [0.4, 0.5) is 0 Å². The molecule has 0 aliphatic heterocycles. The van der Waals surface area contributed by atoms with Gasteiger partial charge in [-0.15, -0.1) is 0 Å². The van der Waals surface area contributed by atoms with Gasteiger partial charge in [0.25, 0.3) is 0 Å². The van der Waals surface area contributed by atoms with Gasteiger partial charge >= 0.3 is 0 Å². The van der Waals surface area contributed by atoms with Crippen LogP contribution >= 0.6 is 0 Å². The van der Waals surface area contributed by atoms with E-state index in [4.69, 9.17) is 19.9 Å². The first-order valence-corrected chi connectivity index (χ1v) is 30.8. The Balaban J connectivity index is 1.75. The highest BCUT2D eigenvalue weighted by Gasteiger charge is 2.51. The van der Waals surface area contributed by atoms with Crippen molar-refractivity contribution < 1.29 is 18.4 Å². The second kappa shape index (κ2) is 17.1. The van der Waals surface area contributed by atoms with Crippen molar-refractivity contribution >= 4 is 25.0 Å². The SMILES string of the molecule is C=C1/C(=C\C=C2/CCC[C@]3(C)[C@@H]([C@H](C)CCC[C@@](C)(O)[C@@H](C)CO[Si](C)(C)C(C)(C)C)CC[C@@H]23)C[C@@H](O[Si](C)(C)C(C)(C)C)C[C@@H]1O[Si](C)(C)C(C)(C)C. The quantitative estimate of drug-likeness (QED) is 0.178. The van der Waals surface area contributed by atoms with Gasteiger partial charge in [-0.3, -0.25) is 0 Å². The zero-order valence-electron chi connectivity index (χ0n) is 39.3. The lowest BCUT2D eigenvalue weighted by Crippen LogP contribution is -2.49. The van der Waals surface area contributed by atoms with Gasteiger partial charge in [-0.2, -0.15) is 0 Å². The molecule has 3 aliphatic carbocycles. The number of hydrogen-bond donors (Lipinski definition) is 1. The number of allylic oxidation sites excluding steroid dienone is 3. The van der Waals surface area contributed by atoms with Gasteiger partial charge in [0.2, 0.25) is 0 Å². The van der Waals surface area contributed by atoms with Crippen LogP contribution in [0.5, 0.6) is 0 Å². The van der Waals surface area contributed by atoms with Crippen LogP contribution in [0.15, 0.2) is 35.5 Å². The second-order valence-electron chi connectivity index (χ2n) is 23.6. The maximum absolute atomic E-state index is 11.5. The van der Waals surface area contributed by atoms with Crippen molar-refractivity contribution in [2.75, 3.05) is 6.61 Å². The van der Waals surface area contributed by atoms with Crippen LogP contribution in [0, 0.1) is 29.1 Å². The molecule has 1 N–H and O–H groups in total. The smallest absolute Gasteiger partial charge is 0.192 e. The van der Waals surface area contributed by atoms with E-state index in [0.29, 0.717) is 23.9 Å². The lowest BCUT2D eigenvalue weighted by molar-refractivity contribution is -0.0243. The highest BCUT2D eigenvalue weighted by Crippen LogP contribution is 2.60. The molecule has 0 aromatic carbocycles. The van der Waals surface area contributed by atoms with E-state index >= 15 is 0 Å². The van der Waals surface area contributed by atoms with Gasteiger partial charge in [0.1, 0.15) is 0 Å². The molecular formula is C47H90O4Si3. The summed E-state index contributed by atoms with van der Waals surface area (Å²) in [7, 11) is -5.78. The van der Waals surface area contributed by atoms with Crippen molar-refractivity contribution in [2.45, 2.75) is 226 Å². The van der Waals surface area contributed by atoms with E-state index in [9.17, 15) is 5.11 Å². The summed E-state index contributed by atoms with van der Waals surface area (Å²) in [6.45, 7) is 49.8. The largest absolute Gasteiger partial charge is 0.416 e. The Morgan fingerprint density at radius 1 is 0.833 bits per heavy atom. The van der Waals surface area contributed by atoms with E-state index in [1.165, 1.54) is 49.7 Å². The van der Waals surface area contributed by atoms with E-state index in [1.807, 2.05) is 6.92 Å². The molecule has 0 saturated heterocycles. The maximum atomic E-state index is 11.5. The third-order valence-electron chi connectivity index (χ3n) is 16.4. The Bertz CT molecular complexity index is 1340. The number of aliphatic hydroxyl groups is 1. The summed E-state index contributed by atoms with van der Waals surface area (Å²) in [6.07, 6.45) is 16.5. The molecule has 4 nitrogen and oxygen atoms in total. The summed E-state index contributed by atoms with van der Waals surface area (Å²) in [5.74, 6) is 2.17. The average Bonchev–Trinajstić information content (AvgIpc) is 3.36. The Hall–Kier alpha value is -0.289. The van der Waals surface area contributed by atoms with Crippen LogP contribution in [-0.4, -0.2) is 54.5 Å². The standard InChI is InChI=1S/C47H90O4Si3/c1-34(23-21-30-47(14,48)35(2)33-49-52(15,16)43(4,5)6)40-27-28-41-37(24-22-29-46(40,41)13)25-26-38-31-39(50-53(17,18)44(7,8)9)32-42(36(38)3)51-54(19,20)45(10,11)12/h25-26,34-35,39-42,48H,3,21-24,27-33H2,1-2,4-20H3/b37-25+,38-26-/t34-,35+,39-,40-,41+,42+,46-,47-/m1/s1. The van der Waals surface area contributed by atoms with Crippen LogP contribution in [-0.2, 0) is 13.3 Å². The van der Waals surface area contributed by atoms with Gasteiger partial charge in [-0.1, -0.05) is 120 Å². The van der Waals surface area contributed by atoms with Gasteiger partial charge in [0.15, 0.2) is 25.0 Å². The van der Waals surface area contributed by atoms with Crippen molar-refractivity contribution in [3.05, 3.63) is 35.5 Å². The molecule has 0 unspecified atom stereocenters. The first-order valence-electron chi connectivity index (χ1n) is 22.1. The molecule has 0 spiro atoms. The van der Waals surface area contributed by atoms with Crippen molar-refractivity contribution in [1.82, 2.24) is 0 Å². The summed E-state index contributed by atoms with van der Waals surface area (Å²) in [5.41, 5.74) is 3.82. The predicted molar refractivity (Wildman–Crippen MR) is 243 cm³/mol. The van der Waals surface area contributed by atoms with Gasteiger partial charge < -0.3 is 18.4 Å². The Labute approximate surface area is 339 Å². The Morgan fingerprint density at radius 3 is 1.94 bits per heavy atom. The molecular weight excluding hydrogens is 713 g/mol. The third-order valence-corrected chi connectivity index (χ3v) is 29.9. The van der Waals surface area contributed by atoms with E-state index in [0.717, 1.165) is 31.6 Å². The van der Waals surface area contributed by atoms with Crippen LogP contribution in [0.25, 0.3) is 0 Å². The first kappa shape index (κ1) is 48.1. The lowest BCUT2D eigenvalue weighted by Gasteiger charge is -2.46. The first-order chi connectivity index (χ1) is 24.3. The van der Waals surface area contributed by atoms with Crippen molar-refractivity contribution in [3.8, 4) is 0 Å². The number of fused-ring (bicyclic) bond motifs is 1. The van der Waals surface area contributed by atoms with Gasteiger partial charge in [0.05, 0.1) is 17.8 Å². The van der Waals surface area contributed by atoms with Crippen LogP contribution < -0.4 is 0 Å². The number of hydrogen-bond acceptors (Lipinski definition) is 4. The highest BCUT2D eigenvalue weighted by atomic mass is 28.4. The monoisotopic (exact) mass is 803 g/mol. The van der Waals surface area contributed by atoms with E-state index in [2.05, 4.69) is 135 Å². The Morgan fingerprint density at radius 2 is 1.39 bits per heavy atom. The van der Waals surface area contributed by atoms with Crippen molar-refractivity contribution in [2.24, 2.45) is 29.1 Å². The summed E-state index contributed by atoms with van der Waals surface area (Å²) in [4.78, 5) is 0. The van der Waals surface area contributed by atoms with Gasteiger partial charge in [-0.05, 0) is 141 Å². The minimum atomic E-state index is -2.00. The summed E-state index contributed by atoms with van der Waals surface area (Å²) in [6, 6.07) is 0. The molecule has 0 amide bonds. The van der Waals surface area contributed by atoms with E-state index < -0.39 is 30.6 Å². The molecule has 8 atom stereocenters. The Kier molecular flexibility index (Phi) is 15.3. The molecule has 0 aromatic rings.